The van der Waals surface area contributed by atoms with Crippen molar-refractivity contribution in [2.45, 2.75) is 51.0 Å². The van der Waals surface area contributed by atoms with Gasteiger partial charge in [0.1, 0.15) is 0 Å². The Kier molecular flexibility index (Phi) is 5.25. The molecule has 3 atom stereocenters. The summed E-state index contributed by atoms with van der Waals surface area (Å²) in [5.41, 5.74) is 6.53. The van der Waals surface area contributed by atoms with Gasteiger partial charge in [-0.05, 0) is 66.1 Å². The van der Waals surface area contributed by atoms with E-state index < -0.39 is 0 Å². The summed E-state index contributed by atoms with van der Waals surface area (Å²) in [6.45, 7) is 8.56. The fourth-order valence-corrected chi connectivity index (χ4v) is 5.64. The fourth-order valence-electron chi connectivity index (χ4n) is 5.64. The Morgan fingerprint density at radius 3 is 2.72 bits per heavy atom. The van der Waals surface area contributed by atoms with Crippen molar-refractivity contribution in [3.05, 3.63) is 65.4 Å². The summed E-state index contributed by atoms with van der Waals surface area (Å²) in [4.78, 5) is 18.5. The number of hydrogen-bond donors (Lipinski definition) is 3. The van der Waals surface area contributed by atoms with Crippen molar-refractivity contribution < 1.29 is 4.79 Å². The number of para-hydroxylation sites is 1. The van der Waals surface area contributed by atoms with Crippen LogP contribution in [-0.4, -0.2) is 42.1 Å². The number of rotatable bonds is 3. The molecule has 2 heterocycles. The molecular weight excluding hydrogens is 396 g/mol. The molecule has 168 valence electrons. The topological polar surface area (TPSA) is 60.2 Å². The van der Waals surface area contributed by atoms with Gasteiger partial charge in [-0.15, -0.1) is 0 Å². The molecule has 0 unspecified atom stereocenters. The average molecular weight is 431 g/mol. The number of likely N-dealkylation sites (N-methyl/N-ethyl adjacent to an activating group) is 1. The second-order valence-electron chi connectivity index (χ2n) is 10.7. The predicted octanol–water partition coefficient (Wildman–Crippen LogP) is 5.25. The minimum absolute atomic E-state index is 0.111. The number of aromatic nitrogens is 1. The van der Waals surface area contributed by atoms with E-state index in [4.69, 9.17) is 0 Å². The van der Waals surface area contributed by atoms with Gasteiger partial charge in [0, 0.05) is 47.8 Å². The number of nitrogens with one attached hydrogen (secondary N) is 3. The van der Waals surface area contributed by atoms with Crippen LogP contribution >= 0.6 is 0 Å². The van der Waals surface area contributed by atoms with Crippen molar-refractivity contribution in [3.63, 3.8) is 0 Å². The first-order chi connectivity index (χ1) is 15.3. The third-order valence-corrected chi connectivity index (χ3v) is 7.33. The van der Waals surface area contributed by atoms with Gasteiger partial charge < -0.3 is 20.5 Å². The molecule has 3 aromatic rings. The maximum absolute atomic E-state index is 12.4. The first-order valence-electron chi connectivity index (χ1n) is 11.7. The standard InChI is InChI=1S/C27H34N4O/c1-27(2,3)19-12-22-21-10-17(14-29-26(32)30-20-8-6-5-7-9-20)16-31(4)24(21)11-18-15-28-23(13-19)25(18)22/h5-9,12-13,15,17,21,24,28H,10-11,14,16H2,1-4H3,(H2,29,30,32)/t17-,21+,24+/m0/s1. The molecule has 1 fully saturated rings. The van der Waals surface area contributed by atoms with Crippen molar-refractivity contribution in [3.8, 4) is 0 Å². The van der Waals surface area contributed by atoms with Crippen LogP contribution in [0.15, 0.2) is 48.7 Å². The molecule has 32 heavy (non-hydrogen) atoms. The smallest absolute Gasteiger partial charge is 0.319 e. The number of amides is 2. The Labute approximate surface area is 190 Å². The summed E-state index contributed by atoms with van der Waals surface area (Å²) in [6, 6.07) is 14.8. The minimum atomic E-state index is -0.130. The minimum Gasteiger partial charge on any atom is -0.361 e. The van der Waals surface area contributed by atoms with Gasteiger partial charge in [-0.2, -0.15) is 0 Å². The van der Waals surface area contributed by atoms with Crippen LogP contribution in [0, 0.1) is 5.92 Å². The Morgan fingerprint density at radius 2 is 1.97 bits per heavy atom. The maximum atomic E-state index is 12.4. The van der Waals surface area contributed by atoms with E-state index in [0.717, 1.165) is 25.1 Å². The molecule has 1 saturated heterocycles. The highest BCUT2D eigenvalue weighted by molar-refractivity contribution is 5.90. The van der Waals surface area contributed by atoms with Crippen molar-refractivity contribution in [1.82, 2.24) is 15.2 Å². The third kappa shape index (κ3) is 3.90. The summed E-state index contributed by atoms with van der Waals surface area (Å²) in [7, 11) is 2.25. The lowest BCUT2D eigenvalue weighted by Gasteiger charge is -2.46. The van der Waals surface area contributed by atoms with E-state index in [1.165, 1.54) is 27.6 Å². The number of hydrogen-bond acceptors (Lipinski definition) is 2. The second kappa shape index (κ2) is 7.96. The fraction of sp³-hybridized carbons (Fsp3) is 0.444. The molecule has 2 amide bonds. The van der Waals surface area contributed by atoms with Gasteiger partial charge in [-0.25, -0.2) is 4.79 Å². The SMILES string of the molecule is CN1C[C@H](CNC(=O)Nc2ccccc2)C[C@@H]2c3cc(C(C)(C)C)cc4[nH]cc(c34)C[C@H]21. The Hall–Kier alpha value is -2.79. The molecule has 2 aliphatic rings. The molecule has 1 aromatic heterocycles. The van der Waals surface area contributed by atoms with Gasteiger partial charge in [0.05, 0.1) is 0 Å². The Morgan fingerprint density at radius 1 is 1.19 bits per heavy atom. The lowest BCUT2D eigenvalue weighted by molar-refractivity contribution is 0.112. The van der Waals surface area contributed by atoms with Crippen LogP contribution in [0.4, 0.5) is 10.5 Å². The number of nitrogens with zero attached hydrogens (tertiary/aromatic N) is 1. The van der Waals surface area contributed by atoms with Gasteiger partial charge in [-0.1, -0.05) is 45.0 Å². The molecule has 3 N–H and O–H groups in total. The first-order valence-corrected chi connectivity index (χ1v) is 11.7. The van der Waals surface area contributed by atoms with Crippen molar-refractivity contribution >= 4 is 22.6 Å². The summed E-state index contributed by atoms with van der Waals surface area (Å²) < 4.78 is 0. The van der Waals surface area contributed by atoms with E-state index in [2.05, 4.69) is 66.7 Å². The van der Waals surface area contributed by atoms with Gasteiger partial charge in [0.25, 0.3) is 0 Å². The summed E-state index contributed by atoms with van der Waals surface area (Å²) >= 11 is 0. The highest BCUT2D eigenvalue weighted by atomic mass is 16.2. The van der Waals surface area contributed by atoms with Gasteiger partial charge >= 0.3 is 6.03 Å². The predicted molar refractivity (Wildman–Crippen MR) is 131 cm³/mol. The maximum Gasteiger partial charge on any atom is 0.319 e. The normalized spacial score (nSPS) is 23.1. The van der Waals surface area contributed by atoms with Crippen LogP contribution < -0.4 is 10.6 Å². The highest BCUT2D eigenvalue weighted by Crippen LogP contribution is 2.45. The molecule has 5 nitrogen and oxygen atoms in total. The van der Waals surface area contributed by atoms with E-state index >= 15 is 0 Å². The molecule has 0 saturated carbocycles. The van der Waals surface area contributed by atoms with E-state index in [-0.39, 0.29) is 11.4 Å². The number of piperidine rings is 1. The van der Waals surface area contributed by atoms with Crippen LogP contribution in [0.2, 0.25) is 0 Å². The Bertz CT molecular complexity index is 1130. The van der Waals surface area contributed by atoms with Gasteiger partial charge in [0.2, 0.25) is 0 Å². The van der Waals surface area contributed by atoms with Crippen LogP contribution in [0.1, 0.15) is 49.8 Å². The van der Waals surface area contributed by atoms with Crippen LogP contribution in [0.25, 0.3) is 10.9 Å². The number of fused-ring (bicyclic) bond motifs is 2. The lowest BCUT2D eigenvalue weighted by atomic mass is 9.71. The molecule has 0 radical (unpaired) electrons. The largest absolute Gasteiger partial charge is 0.361 e. The number of benzene rings is 2. The van der Waals surface area contributed by atoms with Crippen molar-refractivity contribution in [2.75, 3.05) is 25.5 Å². The number of likely N-dealkylation sites (tertiary alicyclic amines) is 1. The van der Waals surface area contributed by atoms with Gasteiger partial charge in [-0.3, -0.25) is 0 Å². The molecule has 1 aliphatic heterocycles. The van der Waals surface area contributed by atoms with Crippen LogP contribution in [0.3, 0.4) is 0 Å². The van der Waals surface area contributed by atoms with E-state index in [9.17, 15) is 4.79 Å². The zero-order valence-electron chi connectivity index (χ0n) is 19.5. The lowest BCUT2D eigenvalue weighted by Crippen LogP contribution is -2.50. The number of H-pyrrole nitrogens is 1. The number of aromatic amines is 1. The van der Waals surface area contributed by atoms with Crippen molar-refractivity contribution in [1.29, 1.82) is 0 Å². The number of urea groups is 1. The molecule has 0 spiro atoms. The average Bonchev–Trinajstić information content (AvgIpc) is 3.17. The summed E-state index contributed by atoms with van der Waals surface area (Å²) in [6.07, 6.45) is 4.41. The number of carbonyl (C=O) groups is 1. The monoisotopic (exact) mass is 430 g/mol. The number of carbonyl (C=O) groups excluding carboxylic acids is 1. The van der Waals surface area contributed by atoms with E-state index in [1.54, 1.807) is 0 Å². The summed E-state index contributed by atoms with van der Waals surface area (Å²) in [5.74, 6) is 0.919. The molecule has 2 aromatic carbocycles. The van der Waals surface area contributed by atoms with Crippen LogP contribution in [-0.2, 0) is 11.8 Å². The third-order valence-electron chi connectivity index (χ3n) is 7.33. The quantitative estimate of drug-likeness (QED) is 0.532. The van der Waals surface area contributed by atoms with Gasteiger partial charge in [0.15, 0.2) is 0 Å². The first kappa shape index (κ1) is 21.1. The number of anilines is 1. The van der Waals surface area contributed by atoms with Crippen molar-refractivity contribution in [2.24, 2.45) is 5.92 Å². The highest BCUT2D eigenvalue weighted by Gasteiger charge is 2.40. The molecule has 5 rings (SSSR count). The Balaban J connectivity index is 1.36. The molecule has 0 bridgehead atoms. The zero-order chi connectivity index (χ0) is 22.5. The molecular formula is C27H34N4O. The van der Waals surface area contributed by atoms with Crippen LogP contribution in [0.5, 0.6) is 0 Å². The molecule has 5 heteroatoms. The molecule has 1 aliphatic carbocycles. The van der Waals surface area contributed by atoms with E-state index in [0.29, 0.717) is 24.4 Å². The zero-order valence-corrected chi connectivity index (χ0v) is 19.5. The van der Waals surface area contributed by atoms with E-state index in [1.807, 2.05) is 30.3 Å². The second-order valence-corrected chi connectivity index (χ2v) is 10.7. The summed E-state index contributed by atoms with van der Waals surface area (Å²) in [5, 5.41) is 7.47.